The molecule has 2 aromatic carbocycles. The lowest BCUT2D eigenvalue weighted by Gasteiger charge is -2.08. The van der Waals surface area contributed by atoms with Gasteiger partial charge < -0.3 is 24.8 Å². The van der Waals surface area contributed by atoms with Crippen LogP contribution in [0, 0.1) is 0 Å². The van der Waals surface area contributed by atoms with E-state index in [1.807, 2.05) is 47.8 Å². The summed E-state index contributed by atoms with van der Waals surface area (Å²) in [4.78, 5) is 28.7. The number of nitrogens with zero attached hydrogens (tertiary/aromatic N) is 1. The second-order valence-corrected chi connectivity index (χ2v) is 7.65. The fraction of sp³-hybridized carbons (Fsp3) is 0.261. The Morgan fingerprint density at radius 3 is 2.34 bits per heavy atom. The van der Waals surface area contributed by atoms with E-state index < -0.39 is 0 Å². The first kappa shape index (κ1) is 23.1. The summed E-state index contributed by atoms with van der Waals surface area (Å²) in [5, 5.41) is 7.99. The van der Waals surface area contributed by atoms with Gasteiger partial charge in [0.1, 0.15) is 10.8 Å². The van der Waals surface area contributed by atoms with Gasteiger partial charge in [-0.25, -0.2) is 4.98 Å². The molecule has 3 rings (SSSR count). The molecule has 32 heavy (non-hydrogen) atoms. The third-order valence-electron chi connectivity index (χ3n) is 4.62. The molecular weight excluding hydrogens is 430 g/mol. The number of hydrogen-bond acceptors (Lipinski definition) is 7. The van der Waals surface area contributed by atoms with E-state index in [0.717, 1.165) is 21.9 Å². The lowest BCUT2D eigenvalue weighted by molar-refractivity contribution is -0.125. The summed E-state index contributed by atoms with van der Waals surface area (Å²) in [5.41, 5.74) is 2.45. The monoisotopic (exact) mass is 455 g/mol. The van der Waals surface area contributed by atoms with Crippen LogP contribution in [0.2, 0.25) is 0 Å². The van der Waals surface area contributed by atoms with E-state index in [1.54, 1.807) is 21.3 Å². The Morgan fingerprint density at radius 2 is 1.66 bits per heavy atom. The molecule has 0 aliphatic carbocycles. The molecule has 168 valence electrons. The Balaban J connectivity index is 1.47. The van der Waals surface area contributed by atoms with Crippen LogP contribution in [0.5, 0.6) is 17.2 Å². The molecular formula is C23H25N3O5S. The minimum atomic E-state index is -0.270. The number of nitrogens with one attached hydrogen (secondary N) is 2. The molecule has 0 spiro atoms. The average Bonchev–Trinajstić information content (AvgIpc) is 3.29. The van der Waals surface area contributed by atoms with Gasteiger partial charge in [0.2, 0.25) is 11.8 Å². The molecule has 0 unspecified atom stereocenters. The molecule has 0 aliphatic rings. The van der Waals surface area contributed by atoms with Crippen LogP contribution in [0.1, 0.15) is 11.3 Å². The summed E-state index contributed by atoms with van der Waals surface area (Å²) < 4.78 is 15.7. The first-order valence-electron chi connectivity index (χ1n) is 9.85. The summed E-state index contributed by atoms with van der Waals surface area (Å²) in [7, 11) is 4.76. The number of amides is 2. The molecule has 2 amide bonds. The Kier molecular flexibility index (Phi) is 8.04. The van der Waals surface area contributed by atoms with Crippen molar-refractivity contribution < 1.29 is 23.8 Å². The van der Waals surface area contributed by atoms with Crippen molar-refractivity contribution >= 4 is 23.2 Å². The zero-order chi connectivity index (χ0) is 22.9. The van der Waals surface area contributed by atoms with Crippen LogP contribution in [0.15, 0.2) is 47.8 Å². The standard InChI is InChI=1S/C23H25N3O5S/c1-29-18-7-4-15(5-8-18)12-24-22(28)13-25-21(27)11-17-14-32-23(26-17)16-6-9-19(30-2)20(10-16)31-3/h4-10,14H,11-13H2,1-3H3,(H,24,28)(H,25,27). The molecule has 0 bridgehead atoms. The van der Waals surface area contributed by atoms with E-state index in [9.17, 15) is 9.59 Å². The SMILES string of the molecule is COc1ccc(CNC(=O)CNC(=O)Cc2csc(-c3ccc(OC)c(OC)c3)n2)cc1. The molecule has 3 aromatic rings. The van der Waals surface area contributed by atoms with Crippen LogP contribution in [0.25, 0.3) is 10.6 Å². The topological polar surface area (TPSA) is 98.8 Å². The van der Waals surface area contributed by atoms with E-state index >= 15 is 0 Å². The van der Waals surface area contributed by atoms with Crippen LogP contribution in [0.3, 0.4) is 0 Å². The Labute approximate surface area is 190 Å². The third-order valence-corrected chi connectivity index (χ3v) is 5.56. The van der Waals surface area contributed by atoms with E-state index in [4.69, 9.17) is 14.2 Å². The van der Waals surface area contributed by atoms with Gasteiger partial charge in [0, 0.05) is 17.5 Å². The highest BCUT2D eigenvalue weighted by molar-refractivity contribution is 7.13. The van der Waals surface area contributed by atoms with Crippen LogP contribution >= 0.6 is 11.3 Å². The third kappa shape index (κ3) is 6.21. The van der Waals surface area contributed by atoms with Crippen LogP contribution in [0.4, 0.5) is 0 Å². The number of aromatic nitrogens is 1. The molecule has 0 saturated heterocycles. The van der Waals surface area contributed by atoms with Crippen molar-refractivity contribution in [1.29, 1.82) is 0 Å². The minimum absolute atomic E-state index is 0.0928. The molecule has 9 heteroatoms. The molecule has 0 aliphatic heterocycles. The van der Waals surface area contributed by atoms with Crippen molar-refractivity contribution in [2.24, 2.45) is 0 Å². The number of carbonyl (C=O) groups is 2. The normalized spacial score (nSPS) is 10.3. The molecule has 0 saturated carbocycles. The number of thiazole rings is 1. The lowest BCUT2D eigenvalue weighted by atomic mass is 10.2. The first-order valence-corrected chi connectivity index (χ1v) is 10.7. The fourth-order valence-electron chi connectivity index (χ4n) is 2.90. The predicted molar refractivity (Wildman–Crippen MR) is 122 cm³/mol. The van der Waals surface area contributed by atoms with Crippen molar-refractivity contribution in [3.8, 4) is 27.8 Å². The van der Waals surface area contributed by atoms with Crippen LogP contribution in [-0.4, -0.2) is 44.7 Å². The maximum atomic E-state index is 12.2. The molecule has 2 N–H and O–H groups in total. The molecule has 1 heterocycles. The molecule has 0 atom stereocenters. The van der Waals surface area contributed by atoms with Gasteiger partial charge >= 0.3 is 0 Å². The van der Waals surface area contributed by atoms with E-state index in [2.05, 4.69) is 15.6 Å². The van der Waals surface area contributed by atoms with Crippen molar-refractivity contribution in [2.75, 3.05) is 27.9 Å². The van der Waals surface area contributed by atoms with Gasteiger partial charge in [-0.2, -0.15) is 0 Å². The number of rotatable bonds is 10. The molecule has 8 nitrogen and oxygen atoms in total. The maximum absolute atomic E-state index is 12.2. The summed E-state index contributed by atoms with van der Waals surface area (Å²) in [6.45, 7) is 0.279. The van der Waals surface area contributed by atoms with Crippen LogP contribution in [-0.2, 0) is 22.6 Å². The second kappa shape index (κ2) is 11.1. The van der Waals surface area contributed by atoms with E-state index in [1.165, 1.54) is 11.3 Å². The number of methoxy groups -OCH3 is 3. The van der Waals surface area contributed by atoms with Gasteiger partial charge in [0.05, 0.1) is 40.0 Å². The Hall–Kier alpha value is -3.59. The Bertz CT molecular complexity index is 1070. The average molecular weight is 456 g/mol. The van der Waals surface area contributed by atoms with Crippen molar-refractivity contribution in [3.05, 3.63) is 59.1 Å². The Morgan fingerprint density at radius 1 is 0.906 bits per heavy atom. The molecule has 0 fully saturated rings. The largest absolute Gasteiger partial charge is 0.497 e. The fourth-order valence-corrected chi connectivity index (χ4v) is 3.72. The smallest absolute Gasteiger partial charge is 0.239 e. The summed E-state index contributed by atoms with van der Waals surface area (Å²) in [5.74, 6) is 1.47. The first-order chi connectivity index (χ1) is 15.5. The van der Waals surface area contributed by atoms with Gasteiger partial charge in [0.15, 0.2) is 11.5 Å². The summed E-state index contributed by atoms with van der Waals surface area (Å²) in [6, 6.07) is 12.9. The van der Waals surface area contributed by atoms with E-state index in [-0.39, 0.29) is 24.8 Å². The number of ether oxygens (including phenoxy) is 3. The minimum Gasteiger partial charge on any atom is -0.497 e. The highest BCUT2D eigenvalue weighted by Crippen LogP contribution is 2.33. The van der Waals surface area contributed by atoms with Crippen molar-refractivity contribution in [2.45, 2.75) is 13.0 Å². The zero-order valence-corrected chi connectivity index (χ0v) is 19.0. The van der Waals surface area contributed by atoms with Gasteiger partial charge in [-0.05, 0) is 35.9 Å². The van der Waals surface area contributed by atoms with Gasteiger partial charge in [-0.15, -0.1) is 11.3 Å². The van der Waals surface area contributed by atoms with E-state index in [0.29, 0.717) is 23.7 Å². The summed E-state index contributed by atoms with van der Waals surface area (Å²) >= 11 is 1.43. The van der Waals surface area contributed by atoms with Gasteiger partial charge in [-0.1, -0.05) is 12.1 Å². The quantitative estimate of drug-likeness (QED) is 0.488. The zero-order valence-electron chi connectivity index (χ0n) is 18.1. The van der Waals surface area contributed by atoms with Crippen molar-refractivity contribution in [1.82, 2.24) is 15.6 Å². The lowest BCUT2D eigenvalue weighted by Crippen LogP contribution is -2.37. The number of benzene rings is 2. The highest BCUT2D eigenvalue weighted by atomic mass is 32.1. The van der Waals surface area contributed by atoms with Crippen LogP contribution < -0.4 is 24.8 Å². The second-order valence-electron chi connectivity index (χ2n) is 6.79. The molecule has 1 aromatic heterocycles. The number of hydrogen-bond donors (Lipinski definition) is 2. The highest BCUT2D eigenvalue weighted by Gasteiger charge is 2.12. The number of carbonyl (C=O) groups excluding carboxylic acids is 2. The maximum Gasteiger partial charge on any atom is 0.239 e. The van der Waals surface area contributed by atoms with Gasteiger partial charge in [0.25, 0.3) is 0 Å². The van der Waals surface area contributed by atoms with Crippen molar-refractivity contribution in [3.63, 3.8) is 0 Å². The molecule has 0 radical (unpaired) electrons. The van der Waals surface area contributed by atoms with Gasteiger partial charge in [-0.3, -0.25) is 9.59 Å². The predicted octanol–water partition coefficient (Wildman–Crippen LogP) is 2.81. The summed E-state index contributed by atoms with van der Waals surface area (Å²) in [6.07, 6.45) is 0.0928.